The zero-order valence-electron chi connectivity index (χ0n) is 13.8. The van der Waals surface area contributed by atoms with Gasteiger partial charge in [0.05, 0.1) is 5.56 Å². The largest absolute Gasteiger partial charge is 0.494 e. The Morgan fingerprint density at radius 2 is 1.92 bits per heavy atom. The summed E-state index contributed by atoms with van der Waals surface area (Å²) in [5.74, 6) is -0.393. The maximum absolute atomic E-state index is 13.1. The molecule has 5 nitrogen and oxygen atoms in total. The first kappa shape index (κ1) is 17.1. The number of aryl methyl sites for hydroxylation is 1. The van der Waals surface area contributed by atoms with Crippen molar-refractivity contribution in [1.82, 2.24) is 0 Å². The van der Waals surface area contributed by atoms with E-state index < -0.39 is 5.91 Å². The molecule has 0 saturated carbocycles. The fourth-order valence-corrected chi connectivity index (χ4v) is 4.54. The van der Waals surface area contributed by atoms with Crippen molar-refractivity contribution in [1.29, 1.82) is 0 Å². The topological polar surface area (TPSA) is 64.6 Å². The molecular weight excluding hydrogens is 374 g/mol. The van der Waals surface area contributed by atoms with Crippen LogP contribution in [0.4, 0.5) is 5.00 Å². The summed E-state index contributed by atoms with van der Waals surface area (Å²) in [7, 11) is 0. The third-order valence-electron chi connectivity index (χ3n) is 4.35. The number of rotatable bonds is 4. The van der Waals surface area contributed by atoms with Crippen LogP contribution in [0.5, 0.6) is 0 Å². The number of ketones is 1. The van der Waals surface area contributed by atoms with Gasteiger partial charge in [0.15, 0.2) is 5.78 Å². The number of ether oxygens (including phenoxy) is 2. The molecule has 0 spiro atoms. The van der Waals surface area contributed by atoms with Crippen molar-refractivity contribution >= 4 is 39.6 Å². The average Bonchev–Trinajstić information content (AvgIpc) is 3.23. The summed E-state index contributed by atoms with van der Waals surface area (Å²) in [6.07, 6.45) is 4.11. The van der Waals surface area contributed by atoms with Crippen molar-refractivity contribution in [3.63, 3.8) is 0 Å². The van der Waals surface area contributed by atoms with Gasteiger partial charge in [0, 0.05) is 15.5 Å². The lowest BCUT2D eigenvalue weighted by atomic mass is 10.0. The molecule has 1 N–H and O–H groups in total. The Balaban J connectivity index is 1.67. The van der Waals surface area contributed by atoms with Gasteiger partial charge in [-0.3, -0.25) is 9.59 Å². The highest BCUT2D eigenvalue weighted by Crippen LogP contribution is 2.40. The van der Waals surface area contributed by atoms with Crippen molar-refractivity contribution in [2.45, 2.75) is 19.3 Å². The summed E-state index contributed by atoms with van der Waals surface area (Å²) in [4.78, 5) is 26.7. The summed E-state index contributed by atoms with van der Waals surface area (Å²) in [6.45, 7) is 0.751. The van der Waals surface area contributed by atoms with E-state index in [0.29, 0.717) is 34.4 Å². The Labute approximate surface area is 159 Å². The molecule has 1 amide bonds. The zero-order chi connectivity index (χ0) is 18.1. The van der Waals surface area contributed by atoms with Crippen LogP contribution < -0.4 is 5.32 Å². The highest BCUT2D eigenvalue weighted by atomic mass is 35.5. The van der Waals surface area contributed by atoms with E-state index in [2.05, 4.69) is 5.32 Å². The minimum Gasteiger partial charge on any atom is -0.494 e. The number of benzene rings is 1. The normalized spacial score (nSPS) is 15.5. The van der Waals surface area contributed by atoms with E-state index in [-0.39, 0.29) is 11.5 Å². The van der Waals surface area contributed by atoms with Gasteiger partial charge in [-0.2, -0.15) is 0 Å². The van der Waals surface area contributed by atoms with Gasteiger partial charge >= 0.3 is 0 Å². The van der Waals surface area contributed by atoms with E-state index >= 15 is 0 Å². The minimum atomic E-state index is -0.408. The molecule has 134 valence electrons. The third-order valence-corrected chi connectivity index (χ3v) is 5.81. The van der Waals surface area contributed by atoms with E-state index in [0.717, 1.165) is 29.7 Å². The summed E-state index contributed by atoms with van der Waals surface area (Å²) < 4.78 is 10.5. The summed E-state index contributed by atoms with van der Waals surface area (Å²) in [5.41, 5.74) is 2.17. The second kappa shape index (κ2) is 7.13. The molecule has 7 heteroatoms. The second-order valence-electron chi connectivity index (χ2n) is 6.05. The molecule has 2 aromatic rings. The maximum atomic E-state index is 13.1. The summed E-state index contributed by atoms with van der Waals surface area (Å²) in [5, 5.41) is 3.97. The first-order valence-electron chi connectivity index (χ1n) is 8.34. The van der Waals surface area contributed by atoms with Crippen molar-refractivity contribution in [3.05, 3.63) is 62.9 Å². The highest BCUT2D eigenvalue weighted by molar-refractivity contribution is 7.17. The number of hydrogen-bond donors (Lipinski definition) is 1. The molecule has 1 aromatic heterocycles. The van der Waals surface area contributed by atoms with Gasteiger partial charge in [-0.05, 0) is 49.1 Å². The lowest BCUT2D eigenvalue weighted by Crippen LogP contribution is -2.21. The molecule has 0 saturated heterocycles. The molecular formula is C19H16ClNO4S. The van der Waals surface area contributed by atoms with Crippen LogP contribution in [-0.4, -0.2) is 24.9 Å². The fourth-order valence-electron chi connectivity index (χ4n) is 3.13. The van der Waals surface area contributed by atoms with Crippen molar-refractivity contribution in [3.8, 4) is 0 Å². The van der Waals surface area contributed by atoms with Gasteiger partial charge in [0.1, 0.15) is 24.5 Å². The molecule has 1 aliphatic heterocycles. The predicted molar refractivity (Wildman–Crippen MR) is 99.8 cm³/mol. The van der Waals surface area contributed by atoms with Gasteiger partial charge in [-0.1, -0.05) is 11.6 Å². The molecule has 0 atom stereocenters. The first-order valence-corrected chi connectivity index (χ1v) is 9.53. The second-order valence-corrected chi connectivity index (χ2v) is 7.59. The Hall–Kier alpha value is -2.31. The van der Waals surface area contributed by atoms with E-state index in [4.69, 9.17) is 21.1 Å². The smallest absolute Gasteiger partial charge is 0.294 e. The van der Waals surface area contributed by atoms with Crippen molar-refractivity contribution in [2.24, 2.45) is 0 Å². The quantitative estimate of drug-likeness (QED) is 0.804. The lowest BCUT2D eigenvalue weighted by molar-refractivity contribution is -0.117. The van der Waals surface area contributed by atoms with E-state index in [1.807, 2.05) is 0 Å². The summed E-state index contributed by atoms with van der Waals surface area (Å²) >= 11 is 7.39. The number of hydrogen-bond acceptors (Lipinski definition) is 5. The highest BCUT2D eigenvalue weighted by Gasteiger charge is 2.29. The molecule has 1 aliphatic carbocycles. The van der Waals surface area contributed by atoms with Crippen LogP contribution in [0.2, 0.25) is 5.02 Å². The Morgan fingerprint density at radius 3 is 2.65 bits per heavy atom. The first-order chi connectivity index (χ1) is 12.6. The number of thiophene rings is 1. The monoisotopic (exact) mass is 389 g/mol. The molecule has 2 aliphatic rings. The van der Waals surface area contributed by atoms with E-state index in [1.54, 1.807) is 24.3 Å². The van der Waals surface area contributed by atoms with Crippen LogP contribution in [0, 0.1) is 0 Å². The van der Waals surface area contributed by atoms with E-state index in [1.165, 1.54) is 17.6 Å². The third kappa shape index (κ3) is 3.22. The van der Waals surface area contributed by atoms with E-state index in [9.17, 15) is 9.59 Å². The SMILES string of the molecule is O=C(Nc1sc2c(c1C(=O)c1ccc(Cl)cc1)CCC2)C1=COCCO1. The Kier molecular flexibility index (Phi) is 4.70. The van der Waals surface area contributed by atoms with Gasteiger partial charge < -0.3 is 14.8 Å². The van der Waals surface area contributed by atoms with Gasteiger partial charge in [-0.25, -0.2) is 0 Å². The molecule has 0 bridgehead atoms. The van der Waals surface area contributed by atoms with Crippen LogP contribution in [0.15, 0.2) is 36.3 Å². The van der Waals surface area contributed by atoms with Crippen LogP contribution in [-0.2, 0) is 27.1 Å². The van der Waals surface area contributed by atoms with Gasteiger partial charge in [0.2, 0.25) is 5.76 Å². The van der Waals surface area contributed by atoms with Gasteiger partial charge in [-0.15, -0.1) is 11.3 Å². The molecule has 2 heterocycles. The van der Waals surface area contributed by atoms with Crippen LogP contribution >= 0.6 is 22.9 Å². The van der Waals surface area contributed by atoms with Gasteiger partial charge in [0.25, 0.3) is 5.91 Å². The number of amides is 1. The number of carbonyl (C=O) groups is 2. The lowest BCUT2D eigenvalue weighted by Gasteiger charge is -2.15. The molecule has 4 rings (SSSR count). The molecule has 1 aromatic carbocycles. The molecule has 0 unspecified atom stereocenters. The number of halogens is 1. The van der Waals surface area contributed by atoms with Crippen LogP contribution in [0.3, 0.4) is 0 Å². The Bertz CT molecular complexity index is 901. The molecule has 0 fully saturated rings. The minimum absolute atomic E-state index is 0.105. The Morgan fingerprint density at radius 1 is 1.12 bits per heavy atom. The fraction of sp³-hybridized carbons (Fsp3) is 0.263. The molecule has 0 radical (unpaired) electrons. The standard InChI is InChI=1S/C19H16ClNO4S/c20-12-6-4-11(5-7-12)17(22)16-13-2-1-3-15(13)26-19(16)21-18(23)14-10-24-8-9-25-14/h4-7,10H,1-3,8-9H2,(H,21,23). The average molecular weight is 390 g/mol. The maximum Gasteiger partial charge on any atom is 0.294 e. The van der Waals surface area contributed by atoms with Crippen LogP contribution in [0.25, 0.3) is 0 Å². The number of fused-ring (bicyclic) bond motifs is 1. The van der Waals surface area contributed by atoms with Crippen molar-refractivity contribution in [2.75, 3.05) is 18.5 Å². The predicted octanol–water partition coefficient (Wildman–Crippen LogP) is 3.95. The number of nitrogens with one attached hydrogen (secondary N) is 1. The molecule has 26 heavy (non-hydrogen) atoms. The number of carbonyl (C=O) groups excluding carboxylic acids is 2. The number of anilines is 1. The zero-order valence-corrected chi connectivity index (χ0v) is 15.4. The van der Waals surface area contributed by atoms with Crippen molar-refractivity contribution < 1.29 is 19.1 Å². The van der Waals surface area contributed by atoms with Crippen LogP contribution in [0.1, 0.15) is 32.8 Å². The summed E-state index contributed by atoms with van der Waals surface area (Å²) in [6, 6.07) is 6.79.